The van der Waals surface area contributed by atoms with Gasteiger partial charge in [0.1, 0.15) is 0 Å². The van der Waals surface area contributed by atoms with E-state index in [1.807, 2.05) is 19.9 Å². The zero-order valence-corrected chi connectivity index (χ0v) is 11.5. The Bertz CT molecular complexity index is 571. The SMILES string of the molecule is CCC(C)c1cccc2c1C(=O)N(OC(N)=S)C2=O. The Morgan fingerprint density at radius 1 is 1.42 bits per heavy atom. The number of hydrogen-bond acceptors (Lipinski definition) is 4. The second-order valence-electron chi connectivity index (χ2n) is 4.39. The molecule has 1 unspecified atom stereocenters. The summed E-state index contributed by atoms with van der Waals surface area (Å²) in [7, 11) is 0. The Labute approximate surface area is 116 Å². The maximum absolute atomic E-state index is 12.2. The third-order valence-corrected chi connectivity index (χ3v) is 3.31. The first-order valence-electron chi connectivity index (χ1n) is 5.96. The minimum absolute atomic E-state index is 0.177. The fraction of sp³-hybridized carbons (Fsp3) is 0.308. The number of hydrogen-bond donors (Lipinski definition) is 1. The molecule has 1 aliphatic heterocycles. The number of benzene rings is 1. The van der Waals surface area contributed by atoms with Crippen LogP contribution < -0.4 is 5.73 Å². The number of carbonyl (C=O) groups excluding carboxylic acids is 2. The summed E-state index contributed by atoms with van der Waals surface area (Å²) >= 11 is 4.57. The molecule has 5 nitrogen and oxygen atoms in total. The van der Waals surface area contributed by atoms with Crippen LogP contribution in [0, 0.1) is 0 Å². The minimum atomic E-state index is -0.530. The molecule has 0 spiro atoms. The first kappa shape index (κ1) is 13.5. The van der Waals surface area contributed by atoms with E-state index in [1.54, 1.807) is 12.1 Å². The number of nitrogens with zero attached hydrogens (tertiary/aromatic N) is 1. The number of nitrogens with two attached hydrogens (primary N) is 1. The molecule has 6 heteroatoms. The fourth-order valence-electron chi connectivity index (χ4n) is 2.09. The molecule has 0 saturated heterocycles. The first-order chi connectivity index (χ1) is 8.97. The van der Waals surface area contributed by atoms with Gasteiger partial charge in [-0.15, -0.1) is 0 Å². The lowest BCUT2D eigenvalue weighted by Crippen LogP contribution is -2.34. The summed E-state index contributed by atoms with van der Waals surface area (Å²) in [6, 6.07) is 5.21. The molecular formula is C13H14N2O3S. The van der Waals surface area contributed by atoms with Crippen LogP contribution in [0.4, 0.5) is 0 Å². The Morgan fingerprint density at radius 2 is 2.11 bits per heavy atom. The van der Waals surface area contributed by atoms with Gasteiger partial charge in [0, 0.05) is 0 Å². The van der Waals surface area contributed by atoms with Crippen LogP contribution in [0.15, 0.2) is 18.2 Å². The van der Waals surface area contributed by atoms with E-state index >= 15 is 0 Å². The van der Waals surface area contributed by atoms with Crippen molar-refractivity contribution in [2.24, 2.45) is 5.73 Å². The number of thiocarbonyl (C=S) groups is 1. The van der Waals surface area contributed by atoms with Gasteiger partial charge in [0.15, 0.2) is 0 Å². The zero-order chi connectivity index (χ0) is 14.2. The van der Waals surface area contributed by atoms with E-state index in [1.165, 1.54) is 0 Å². The summed E-state index contributed by atoms with van der Waals surface area (Å²) in [5.41, 5.74) is 6.78. The van der Waals surface area contributed by atoms with E-state index in [0.29, 0.717) is 16.2 Å². The minimum Gasteiger partial charge on any atom is -0.358 e. The summed E-state index contributed by atoms with van der Waals surface area (Å²) in [6.07, 6.45) is 0.869. The third kappa shape index (κ3) is 2.19. The second kappa shape index (κ2) is 4.97. The Morgan fingerprint density at radius 3 is 2.68 bits per heavy atom. The van der Waals surface area contributed by atoms with Crippen molar-refractivity contribution in [1.82, 2.24) is 5.06 Å². The van der Waals surface area contributed by atoms with Crippen molar-refractivity contribution in [3.63, 3.8) is 0 Å². The predicted octanol–water partition coefficient (Wildman–Crippen LogP) is 1.97. The number of amides is 2. The normalized spacial score (nSPS) is 15.4. The van der Waals surface area contributed by atoms with Gasteiger partial charge in [-0.05, 0) is 36.2 Å². The van der Waals surface area contributed by atoms with Crippen LogP contribution in [0.5, 0.6) is 0 Å². The maximum atomic E-state index is 12.2. The van der Waals surface area contributed by atoms with E-state index in [2.05, 4.69) is 12.2 Å². The van der Waals surface area contributed by atoms with Crippen molar-refractivity contribution in [2.75, 3.05) is 0 Å². The summed E-state index contributed by atoms with van der Waals surface area (Å²) < 4.78 is 0. The fourth-order valence-corrected chi connectivity index (χ4v) is 2.17. The molecule has 100 valence electrons. The van der Waals surface area contributed by atoms with Crippen LogP contribution in [-0.4, -0.2) is 22.1 Å². The summed E-state index contributed by atoms with van der Waals surface area (Å²) in [5.74, 6) is -0.863. The topological polar surface area (TPSA) is 72.6 Å². The molecule has 1 atom stereocenters. The first-order valence-corrected chi connectivity index (χ1v) is 6.37. The quantitative estimate of drug-likeness (QED) is 0.676. The lowest BCUT2D eigenvalue weighted by molar-refractivity contribution is -0.0212. The molecule has 1 aromatic carbocycles. The van der Waals surface area contributed by atoms with E-state index in [0.717, 1.165) is 12.0 Å². The maximum Gasteiger partial charge on any atom is 0.295 e. The highest BCUT2D eigenvalue weighted by molar-refractivity contribution is 7.80. The van der Waals surface area contributed by atoms with Crippen molar-refractivity contribution in [1.29, 1.82) is 0 Å². The van der Waals surface area contributed by atoms with Crippen molar-refractivity contribution in [3.8, 4) is 0 Å². The van der Waals surface area contributed by atoms with Crippen molar-refractivity contribution >= 4 is 29.2 Å². The Kier molecular flexibility index (Phi) is 3.53. The van der Waals surface area contributed by atoms with Crippen LogP contribution in [0.25, 0.3) is 0 Å². The number of rotatable bonds is 3. The number of fused-ring (bicyclic) bond motifs is 1. The molecule has 0 bridgehead atoms. The van der Waals surface area contributed by atoms with Gasteiger partial charge in [-0.2, -0.15) is 0 Å². The lowest BCUT2D eigenvalue weighted by atomic mass is 9.91. The molecule has 0 fully saturated rings. The predicted molar refractivity (Wildman–Crippen MR) is 73.5 cm³/mol. The average Bonchev–Trinajstić information content (AvgIpc) is 2.63. The number of hydroxylamine groups is 2. The van der Waals surface area contributed by atoms with Crippen LogP contribution >= 0.6 is 12.2 Å². The summed E-state index contributed by atoms with van der Waals surface area (Å²) in [4.78, 5) is 29.1. The molecule has 1 heterocycles. The molecule has 2 rings (SSSR count). The van der Waals surface area contributed by atoms with Gasteiger partial charge in [-0.3, -0.25) is 9.59 Å². The monoisotopic (exact) mass is 278 g/mol. The third-order valence-electron chi connectivity index (χ3n) is 3.23. The van der Waals surface area contributed by atoms with Crippen molar-refractivity contribution in [3.05, 3.63) is 34.9 Å². The van der Waals surface area contributed by atoms with Crippen LogP contribution in [0.3, 0.4) is 0 Å². The van der Waals surface area contributed by atoms with E-state index < -0.39 is 11.8 Å². The van der Waals surface area contributed by atoms with Crippen molar-refractivity contribution < 1.29 is 14.4 Å². The van der Waals surface area contributed by atoms with Crippen LogP contribution in [-0.2, 0) is 4.84 Å². The molecule has 2 N–H and O–H groups in total. The summed E-state index contributed by atoms with van der Waals surface area (Å²) in [5, 5.41) is 0.262. The van der Waals surface area contributed by atoms with Gasteiger partial charge in [-0.1, -0.05) is 31.0 Å². The molecule has 0 saturated carbocycles. The standard InChI is InChI=1S/C13H14N2O3S/c1-3-7(2)8-5-4-6-9-10(8)12(17)15(11(9)16)18-13(14)19/h4-7H,3H2,1-2H3,(H2,14,19). The smallest absolute Gasteiger partial charge is 0.295 e. The largest absolute Gasteiger partial charge is 0.358 e. The van der Waals surface area contributed by atoms with Crippen molar-refractivity contribution in [2.45, 2.75) is 26.2 Å². The van der Waals surface area contributed by atoms with E-state index in [4.69, 9.17) is 10.6 Å². The Hall–Kier alpha value is -1.95. The highest BCUT2D eigenvalue weighted by Gasteiger charge is 2.40. The number of imide groups is 1. The molecule has 1 aliphatic rings. The highest BCUT2D eigenvalue weighted by atomic mass is 32.1. The van der Waals surface area contributed by atoms with Crippen LogP contribution in [0.2, 0.25) is 0 Å². The van der Waals surface area contributed by atoms with Gasteiger partial charge < -0.3 is 10.6 Å². The number of carbonyl (C=O) groups is 2. The molecular weight excluding hydrogens is 264 g/mol. The van der Waals surface area contributed by atoms with Gasteiger partial charge in [0.05, 0.1) is 11.1 Å². The average molecular weight is 278 g/mol. The molecule has 19 heavy (non-hydrogen) atoms. The van der Waals surface area contributed by atoms with Gasteiger partial charge in [-0.25, -0.2) is 0 Å². The molecule has 0 aliphatic carbocycles. The molecule has 1 aromatic rings. The van der Waals surface area contributed by atoms with Gasteiger partial charge in [0.2, 0.25) is 0 Å². The summed E-state index contributed by atoms with van der Waals surface area (Å²) in [6.45, 7) is 4.03. The zero-order valence-electron chi connectivity index (χ0n) is 10.7. The van der Waals surface area contributed by atoms with E-state index in [-0.39, 0.29) is 11.1 Å². The Balaban J connectivity index is 2.50. The van der Waals surface area contributed by atoms with E-state index in [9.17, 15) is 9.59 Å². The van der Waals surface area contributed by atoms with Gasteiger partial charge in [0.25, 0.3) is 17.0 Å². The lowest BCUT2D eigenvalue weighted by Gasteiger charge is -2.13. The highest BCUT2D eigenvalue weighted by Crippen LogP contribution is 2.31. The molecule has 2 amide bonds. The second-order valence-corrected chi connectivity index (χ2v) is 4.80. The van der Waals surface area contributed by atoms with Gasteiger partial charge >= 0.3 is 0 Å². The molecule has 0 radical (unpaired) electrons. The molecule has 0 aromatic heterocycles. The van der Waals surface area contributed by atoms with Crippen LogP contribution in [0.1, 0.15) is 52.5 Å².